The van der Waals surface area contributed by atoms with Gasteiger partial charge < -0.3 is 10.1 Å². The topological polar surface area (TPSA) is 79.0 Å². The first kappa shape index (κ1) is 19.8. The quantitative estimate of drug-likeness (QED) is 0.660. The van der Waals surface area contributed by atoms with Crippen LogP contribution in [0.4, 0.5) is 0 Å². The first-order valence-corrected chi connectivity index (χ1v) is 10.4. The van der Waals surface area contributed by atoms with Gasteiger partial charge in [0.2, 0.25) is 15.9 Å². The maximum Gasteiger partial charge on any atom is 0.235 e. The molecule has 0 saturated carbocycles. The van der Waals surface area contributed by atoms with Crippen molar-refractivity contribution in [2.75, 3.05) is 58.7 Å². The Kier molecular flexibility index (Phi) is 7.83. The van der Waals surface area contributed by atoms with Gasteiger partial charge in [-0.25, -0.2) is 8.42 Å². The second kappa shape index (κ2) is 9.86. The van der Waals surface area contributed by atoms with Crippen LogP contribution in [-0.4, -0.2) is 82.3 Å². The van der Waals surface area contributed by atoms with Crippen LogP contribution < -0.4 is 5.32 Å². The zero-order chi connectivity index (χ0) is 18.1. The Morgan fingerprint density at radius 2 is 1.92 bits per heavy atom. The number of amides is 1. The molecule has 0 aliphatic carbocycles. The van der Waals surface area contributed by atoms with E-state index in [0.29, 0.717) is 32.8 Å². The fourth-order valence-corrected chi connectivity index (χ4v) is 3.41. The van der Waals surface area contributed by atoms with Crippen LogP contribution >= 0.6 is 0 Å². The van der Waals surface area contributed by atoms with Crippen molar-refractivity contribution in [2.24, 2.45) is 0 Å². The van der Waals surface area contributed by atoms with Crippen LogP contribution in [-0.2, 0) is 26.0 Å². The van der Waals surface area contributed by atoms with Crippen molar-refractivity contribution in [3.8, 4) is 0 Å². The summed E-state index contributed by atoms with van der Waals surface area (Å²) in [6.45, 7) is 4.18. The maximum absolute atomic E-state index is 12.1. The number of nitrogens with one attached hydrogen (secondary N) is 1. The maximum atomic E-state index is 12.1. The first-order chi connectivity index (χ1) is 11.9. The second-order valence-electron chi connectivity index (χ2n) is 6.14. The molecule has 0 atom stereocenters. The summed E-state index contributed by atoms with van der Waals surface area (Å²) >= 11 is 0. The van der Waals surface area contributed by atoms with Gasteiger partial charge in [0.1, 0.15) is 0 Å². The lowest BCUT2D eigenvalue weighted by atomic mass is 10.1. The number of carbonyl (C=O) groups is 1. The Hall–Kier alpha value is -1.48. The molecular weight excluding hydrogens is 342 g/mol. The van der Waals surface area contributed by atoms with Crippen LogP contribution in [0, 0.1) is 0 Å². The zero-order valence-electron chi connectivity index (χ0n) is 14.7. The highest BCUT2D eigenvalue weighted by Crippen LogP contribution is 2.02. The number of rotatable bonds is 9. The van der Waals surface area contributed by atoms with Crippen LogP contribution in [0.2, 0.25) is 0 Å². The lowest BCUT2D eigenvalue weighted by Crippen LogP contribution is -2.46. The minimum Gasteiger partial charge on any atom is -0.379 e. The predicted octanol–water partition coefficient (Wildman–Crippen LogP) is -0.0609. The summed E-state index contributed by atoms with van der Waals surface area (Å²) in [5.74, 6) is -0.275. The Morgan fingerprint density at radius 3 is 2.56 bits per heavy atom. The molecule has 2 rings (SSSR count). The molecule has 0 bridgehead atoms. The molecule has 25 heavy (non-hydrogen) atoms. The zero-order valence-corrected chi connectivity index (χ0v) is 15.5. The van der Waals surface area contributed by atoms with Gasteiger partial charge in [-0.1, -0.05) is 30.3 Å². The molecule has 1 saturated heterocycles. The molecule has 0 aromatic heterocycles. The first-order valence-electron chi connectivity index (χ1n) is 8.51. The van der Waals surface area contributed by atoms with E-state index in [4.69, 9.17) is 4.74 Å². The van der Waals surface area contributed by atoms with Crippen LogP contribution in [0.5, 0.6) is 0 Å². The molecule has 1 aromatic carbocycles. The highest BCUT2D eigenvalue weighted by atomic mass is 32.2. The summed E-state index contributed by atoms with van der Waals surface area (Å²) in [5.41, 5.74) is 1.13. The van der Waals surface area contributed by atoms with Gasteiger partial charge in [-0.3, -0.25) is 9.69 Å². The molecule has 1 aromatic rings. The fraction of sp³-hybridized carbons (Fsp3) is 0.588. The highest BCUT2D eigenvalue weighted by Gasteiger charge is 2.21. The predicted molar refractivity (Wildman–Crippen MR) is 96.8 cm³/mol. The van der Waals surface area contributed by atoms with E-state index in [0.717, 1.165) is 31.3 Å². The van der Waals surface area contributed by atoms with Gasteiger partial charge in [0.05, 0.1) is 26.0 Å². The van der Waals surface area contributed by atoms with Crippen LogP contribution in [0.1, 0.15) is 5.56 Å². The Labute approximate surface area is 150 Å². The minimum absolute atomic E-state index is 0.141. The molecule has 1 amide bonds. The standard InChI is InChI=1S/C17H27N3O4S/c1-25(22,23)20(10-9-19-11-13-24-14-12-19)15-17(21)18-8-7-16-5-3-2-4-6-16/h2-6H,7-15H2,1H3,(H,18,21). The Morgan fingerprint density at radius 1 is 1.24 bits per heavy atom. The fourth-order valence-electron chi connectivity index (χ4n) is 2.65. The van der Waals surface area contributed by atoms with E-state index in [-0.39, 0.29) is 12.5 Å². The number of benzene rings is 1. The van der Waals surface area contributed by atoms with Gasteiger partial charge in [0, 0.05) is 32.7 Å². The van der Waals surface area contributed by atoms with Crippen molar-refractivity contribution in [3.05, 3.63) is 35.9 Å². The Balaban J connectivity index is 1.76. The largest absolute Gasteiger partial charge is 0.379 e. The van der Waals surface area contributed by atoms with E-state index < -0.39 is 10.0 Å². The van der Waals surface area contributed by atoms with Crippen molar-refractivity contribution >= 4 is 15.9 Å². The van der Waals surface area contributed by atoms with Gasteiger partial charge in [-0.2, -0.15) is 4.31 Å². The summed E-state index contributed by atoms with van der Waals surface area (Å²) < 4.78 is 30.4. The lowest BCUT2D eigenvalue weighted by Gasteiger charge is -2.29. The molecule has 1 fully saturated rings. The summed E-state index contributed by atoms with van der Waals surface area (Å²) in [5, 5.41) is 2.79. The molecule has 1 heterocycles. The van der Waals surface area contributed by atoms with Crippen molar-refractivity contribution in [1.82, 2.24) is 14.5 Å². The summed E-state index contributed by atoms with van der Waals surface area (Å²) in [6.07, 6.45) is 1.86. The molecule has 7 nitrogen and oxygen atoms in total. The number of sulfonamides is 1. The van der Waals surface area contributed by atoms with Crippen molar-refractivity contribution in [1.29, 1.82) is 0 Å². The number of morpholine rings is 1. The molecule has 0 unspecified atom stereocenters. The van der Waals surface area contributed by atoms with Gasteiger partial charge in [0.25, 0.3) is 0 Å². The van der Waals surface area contributed by atoms with Crippen molar-refractivity contribution in [3.63, 3.8) is 0 Å². The smallest absolute Gasteiger partial charge is 0.235 e. The van der Waals surface area contributed by atoms with Crippen LogP contribution in [0.25, 0.3) is 0 Å². The third-order valence-electron chi connectivity index (χ3n) is 4.14. The molecule has 1 N–H and O–H groups in total. The molecular formula is C17H27N3O4S. The molecule has 0 spiro atoms. The molecule has 1 aliphatic heterocycles. The second-order valence-corrected chi connectivity index (χ2v) is 8.12. The van der Waals surface area contributed by atoms with Gasteiger partial charge in [0.15, 0.2) is 0 Å². The molecule has 8 heteroatoms. The van der Waals surface area contributed by atoms with Gasteiger partial charge >= 0.3 is 0 Å². The minimum atomic E-state index is -3.42. The third-order valence-corrected chi connectivity index (χ3v) is 5.39. The van der Waals surface area contributed by atoms with E-state index in [9.17, 15) is 13.2 Å². The average molecular weight is 369 g/mol. The van der Waals surface area contributed by atoms with Crippen LogP contribution in [0.15, 0.2) is 30.3 Å². The number of ether oxygens (including phenoxy) is 1. The number of nitrogens with zero attached hydrogens (tertiary/aromatic N) is 2. The number of carbonyl (C=O) groups excluding carboxylic acids is 1. The van der Waals surface area contributed by atoms with Crippen molar-refractivity contribution < 1.29 is 17.9 Å². The number of hydrogen-bond donors (Lipinski definition) is 1. The van der Waals surface area contributed by atoms with E-state index in [1.54, 1.807) is 0 Å². The molecule has 1 aliphatic rings. The SMILES string of the molecule is CS(=O)(=O)N(CCN1CCOCC1)CC(=O)NCCc1ccccc1. The average Bonchev–Trinajstić information content (AvgIpc) is 2.59. The van der Waals surface area contributed by atoms with E-state index in [1.165, 1.54) is 4.31 Å². The summed E-state index contributed by atoms with van der Waals surface area (Å²) in [4.78, 5) is 14.2. The molecule has 140 valence electrons. The third kappa shape index (κ3) is 7.52. The van der Waals surface area contributed by atoms with Gasteiger partial charge in [-0.05, 0) is 12.0 Å². The molecule has 0 radical (unpaired) electrons. The van der Waals surface area contributed by atoms with Crippen LogP contribution in [0.3, 0.4) is 0 Å². The van der Waals surface area contributed by atoms with Crippen molar-refractivity contribution in [2.45, 2.75) is 6.42 Å². The van der Waals surface area contributed by atoms with E-state index in [2.05, 4.69) is 10.2 Å². The lowest BCUT2D eigenvalue weighted by molar-refractivity contribution is -0.121. The highest BCUT2D eigenvalue weighted by molar-refractivity contribution is 7.88. The van der Waals surface area contributed by atoms with E-state index in [1.807, 2.05) is 30.3 Å². The summed E-state index contributed by atoms with van der Waals surface area (Å²) in [7, 11) is -3.42. The Bertz CT molecular complexity index is 631. The van der Waals surface area contributed by atoms with Gasteiger partial charge in [-0.15, -0.1) is 0 Å². The van der Waals surface area contributed by atoms with E-state index >= 15 is 0 Å². The monoisotopic (exact) mass is 369 g/mol. The summed E-state index contributed by atoms with van der Waals surface area (Å²) in [6, 6.07) is 9.84. The number of hydrogen-bond acceptors (Lipinski definition) is 5. The normalized spacial score (nSPS) is 16.1.